The van der Waals surface area contributed by atoms with E-state index in [1.54, 1.807) is 9.80 Å². The van der Waals surface area contributed by atoms with E-state index in [2.05, 4.69) is 98.2 Å². The molecule has 22 heteroatoms. The van der Waals surface area contributed by atoms with Gasteiger partial charge in [-0.1, -0.05) is 36.4 Å². The molecule has 8 heterocycles. The second-order valence-corrected chi connectivity index (χ2v) is 23.4. The summed E-state index contributed by atoms with van der Waals surface area (Å²) in [4.78, 5) is 60.1. The van der Waals surface area contributed by atoms with E-state index in [9.17, 15) is 20.1 Å². The monoisotopic (exact) mass is 1140 g/mol. The number of rotatable bonds is 11. The van der Waals surface area contributed by atoms with Gasteiger partial charge in [-0.15, -0.1) is 0 Å². The van der Waals surface area contributed by atoms with Crippen molar-refractivity contribution >= 4 is 67.3 Å². The number of benzene rings is 2. The molecular weight excluding hydrogens is 1050 g/mol. The number of nitrogens with zero attached hydrogens (tertiary/aromatic N) is 13. The Labute approximate surface area is 486 Å². The van der Waals surface area contributed by atoms with Gasteiger partial charge in [-0.05, 0) is 112 Å². The van der Waals surface area contributed by atoms with Crippen LogP contribution in [0.4, 0.5) is 26.9 Å². The van der Waals surface area contributed by atoms with Gasteiger partial charge >= 0.3 is 24.2 Å². The van der Waals surface area contributed by atoms with E-state index in [4.69, 9.17) is 38.6 Å². The summed E-state index contributed by atoms with van der Waals surface area (Å²) in [6.45, 7) is 20.0. The summed E-state index contributed by atoms with van der Waals surface area (Å²) in [5, 5.41) is 21.5. The van der Waals surface area contributed by atoms with Gasteiger partial charge in [0.05, 0.1) is 68.2 Å². The molecule has 0 bridgehead atoms. The summed E-state index contributed by atoms with van der Waals surface area (Å²) in [5.74, 6) is 1.68. The van der Waals surface area contributed by atoms with Gasteiger partial charge in [0.2, 0.25) is 0 Å². The first-order chi connectivity index (χ1) is 37.4. The number of anilines is 3. The van der Waals surface area contributed by atoms with E-state index in [0.29, 0.717) is 96.3 Å². The summed E-state index contributed by atoms with van der Waals surface area (Å²) >= 11 is 0. The molecule has 2 unspecified atom stereocenters. The number of fused-ring (bicyclic) bond motifs is 3. The van der Waals surface area contributed by atoms with E-state index >= 15 is 0 Å². The highest BCUT2D eigenvalue weighted by atomic mass is 32.1. The van der Waals surface area contributed by atoms with Crippen molar-refractivity contribution in [2.45, 2.75) is 141 Å². The number of amides is 2. The quantitative estimate of drug-likeness (QED) is 0.142. The fourth-order valence-corrected chi connectivity index (χ4v) is 11.4. The lowest BCUT2D eigenvalue weighted by molar-refractivity contribution is 0.0134. The third-order valence-electron chi connectivity index (χ3n) is 15.5. The predicted molar refractivity (Wildman–Crippen MR) is 318 cm³/mol. The van der Waals surface area contributed by atoms with Gasteiger partial charge in [-0.2, -0.15) is 57.5 Å². The first kappa shape index (κ1) is 61.6. The zero-order valence-corrected chi connectivity index (χ0v) is 50.1. The molecule has 0 N–H and O–H groups in total. The predicted octanol–water partition coefficient (Wildman–Crippen LogP) is 7.59. The Bertz CT molecular complexity index is 2850. The Morgan fingerprint density at radius 1 is 0.625 bits per heavy atom. The SMILES string of the molecule is CN1CCC[C@H]1COc1nc2c(c(N3CCN(C(=O)OC(C)(C)C)C(CC#N)C3)n1)CCN(c1cccc3ccccc13)C2.CN1CCC[C@H]1COc1nc2c(c(N3CCN(C(=O)OC(C)(C)C)C(CC#N)C3)n1)CCOC2.S.S. The normalized spacial score (nSPS) is 21.4. The second-order valence-electron chi connectivity index (χ2n) is 23.4. The molecule has 0 aliphatic carbocycles. The van der Waals surface area contributed by atoms with Crippen molar-refractivity contribution in [1.29, 1.82) is 10.5 Å². The van der Waals surface area contributed by atoms with E-state index in [1.165, 1.54) is 29.3 Å². The van der Waals surface area contributed by atoms with Gasteiger partial charge in [-0.25, -0.2) is 9.59 Å². The number of hydrogen-bond donors (Lipinski definition) is 0. The molecule has 4 saturated heterocycles. The lowest BCUT2D eigenvalue weighted by Gasteiger charge is -2.42. The molecule has 4 aromatic rings. The largest absolute Gasteiger partial charge is 0.462 e. The van der Waals surface area contributed by atoms with Crippen LogP contribution in [0.25, 0.3) is 10.8 Å². The topological polar surface area (TPSA) is 202 Å². The average molecular weight is 1140 g/mol. The van der Waals surface area contributed by atoms with Crippen molar-refractivity contribution < 1.29 is 33.3 Å². The summed E-state index contributed by atoms with van der Waals surface area (Å²) in [5.41, 5.74) is 4.02. The maximum absolute atomic E-state index is 13.1. The van der Waals surface area contributed by atoms with Crippen LogP contribution in [-0.4, -0.2) is 180 Å². The summed E-state index contributed by atoms with van der Waals surface area (Å²) in [7, 11) is 4.26. The van der Waals surface area contributed by atoms with Crippen molar-refractivity contribution in [2.24, 2.45) is 0 Å². The van der Waals surface area contributed by atoms with Crippen LogP contribution in [0.3, 0.4) is 0 Å². The van der Waals surface area contributed by atoms with Crippen LogP contribution in [-0.2, 0) is 40.2 Å². The Kier molecular flexibility index (Phi) is 20.9. The van der Waals surface area contributed by atoms with Crippen LogP contribution < -0.4 is 24.2 Å². The standard InChI is InChI=1S/C34H43N7O3.C24H36N6O4.2H2S/c1-34(2,3)44-33(42)41-20-19-40(21-25(41)14-16-35)31-28-15-18-39(30-13-7-10-24-9-5-6-12-27(24)30)22-29(28)36-32(37-31)43-23-26-11-8-17-38(26)4;1-24(2,3)34-23(31)30-12-11-29(14-17(30)7-9-25)21-19-8-13-32-16-20(19)26-22(27-21)33-15-18-6-5-10-28(18)4;;/h5-7,9-10,12-13,25-26H,8,11,14-15,17-23H2,1-4H3;17-18H,5-8,10-16H2,1-4H3;2*1H2/t25?,26-;17?,18-;;/m00../s1. The zero-order valence-electron chi connectivity index (χ0n) is 48.1. The van der Waals surface area contributed by atoms with E-state index in [0.717, 1.165) is 79.5 Å². The Morgan fingerprint density at radius 3 is 1.65 bits per heavy atom. The van der Waals surface area contributed by atoms with Gasteiger partial charge < -0.3 is 58.0 Å². The molecule has 6 aliphatic heterocycles. The number of likely N-dealkylation sites (N-methyl/N-ethyl adjacent to an activating group) is 2. The molecule has 2 aromatic heterocycles. The fourth-order valence-electron chi connectivity index (χ4n) is 11.4. The van der Waals surface area contributed by atoms with Crippen LogP contribution in [0.1, 0.15) is 103 Å². The minimum atomic E-state index is -0.604. The Balaban J connectivity index is 0.000000233. The lowest BCUT2D eigenvalue weighted by Crippen LogP contribution is -2.56. The van der Waals surface area contributed by atoms with Gasteiger partial charge in [0.1, 0.15) is 36.1 Å². The molecule has 20 nitrogen and oxygen atoms in total. The average Bonchev–Trinajstić information content (AvgIpc) is 4.06. The number of aromatic nitrogens is 4. The Morgan fingerprint density at radius 2 is 1.14 bits per heavy atom. The molecule has 80 heavy (non-hydrogen) atoms. The van der Waals surface area contributed by atoms with Crippen LogP contribution >= 0.6 is 27.0 Å². The highest BCUT2D eigenvalue weighted by molar-refractivity contribution is 7.59. The zero-order chi connectivity index (χ0) is 55.1. The van der Waals surface area contributed by atoms with E-state index in [-0.39, 0.29) is 64.1 Å². The number of likely N-dealkylation sites (tertiary alicyclic amines) is 2. The number of ether oxygens (including phenoxy) is 5. The van der Waals surface area contributed by atoms with Gasteiger partial charge in [0, 0.05) is 86.5 Å². The molecule has 4 atom stereocenters. The molecule has 0 spiro atoms. The molecule has 10 rings (SSSR count). The van der Waals surface area contributed by atoms with Gasteiger partial charge in [-0.3, -0.25) is 0 Å². The number of carbonyl (C=O) groups is 2. The molecule has 2 amide bonds. The van der Waals surface area contributed by atoms with Gasteiger partial charge in [0.25, 0.3) is 0 Å². The van der Waals surface area contributed by atoms with E-state index < -0.39 is 11.2 Å². The smallest absolute Gasteiger partial charge is 0.410 e. The third-order valence-corrected chi connectivity index (χ3v) is 15.5. The van der Waals surface area contributed by atoms with Crippen molar-refractivity contribution in [3.8, 4) is 24.2 Å². The minimum absolute atomic E-state index is 0. The van der Waals surface area contributed by atoms with Crippen molar-refractivity contribution in [1.82, 2.24) is 39.5 Å². The van der Waals surface area contributed by atoms with Crippen molar-refractivity contribution in [3.63, 3.8) is 0 Å². The number of hydrogen-bond acceptors (Lipinski definition) is 18. The first-order valence-corrected chi connectivity index (χ1v) is 27.9. The number of piperazine rings is 2. The van der Waals surface area contributed by atoms with Crippen LogP contribution in [0.5, 0.6) is 12.0 Å². The first-order valence-electron chi connectivity index (χ1n) is 27.9. The highest BCUT2D eigenvalue weighted by Crippen LogP contribution is 2.36. The molecule has 4 fully saturated rings. The highest BCUT2D eigenvalue weighted by Gasteiger charge is 2.38. The van der Waals surface area contributed by atoms with Crippen LogP contribution in [0, 0.1) is 22.7 Å². The number of carbonyl (C=O) groups excluding carboxylic acids is 2. The summed E-state index contributed by atoms with van der Waals surface area (Å²) in [6.07, 6.45) is 5.76. The Hall–Kier alpha value is -6.04. The molecule has 434 valence electrons. The second kappa shape index (κ2) is 27.2. The van der Waals surface area contributed by atoms with Crippen molar-refractivity contribution in [2.75, 3.05) is 108 Å². The molecular formula is C58H83N13O7S2. The van der Waals surface area contributed by atoms with Crippen LogP contribution in [0.15, 0.2) is 42.5 Å². The maximum atomic E-state index is 13.1. The van der Waals surface area contributed by atoms with E-state index in [1.807, 2.05) is 41.5 Å². The number of nitriles is 2. The summed E-state index contributed by atoms with van der Waals surface area (Å²) in [6, 6.07) is 20.3. The molecule has 2 aromatic carbocycles. The van der Waals surface area contributed by atoms with Crippen molar-refractivity contribution in [3.05, 3.63) is 65.0 Å². The maximum Gasteiger partial charge on any atom is 0.410 e. The lowest BCUT2D eigenvalue weighted by atomic mass is 10.0. The minimum Gasteiger partial charge on any atom is -0.462 e. The third kappa shape index (κ3) is 15.1. The van der Waals surface area contributed by atoms with Crippen LogP contribution in [0.2, 0.25) is 0 Å². The van der Waals surface area contributed by atoms with Gasteiger partial charge in [0.15, 0.2) is 0 Å². The molecule has 0 saturated carbocycles. The molecule has 6 aliphatic rings. The fraction of sp³-hybridized carbons (Fsp3) is 0.621. The molecule has 0 radical (unpaired) electrons. The summed E-state index contributed by atoms with van der Waals surface area (Å²) < 4.78 is 29.3.